The van der Waals surface area contributed by atoms with Crippen LogP contribution in [0.3, 0.4) is 0 Å². The highest BCUT2D eigenvalue weighted by molar-refractivity contribution is 5.48. The van der Waals surface area contributed by atoms with E-state index in [1.54, 1.807) is 25.4 Å². The Labute approximate surface area is 95.8 Å². The third-order valence-electron chi connectivity index (χ3n) is 2.41. The highest BCUT2D eigenvalue weighted by Crippen LogP contribution is 2.28. The highest BCUT2D eigenvalue weighted by atomic mass is 19.4. The lowest BCUT2D eigenvalue weighted by Crippen LogP contribution is -2.05. The van der Waals surface area contributed by atoms with Gasteiger partial charge in [-0.15, -0.1) is 0 Å². The normalized spacial score (nSPS) is 12.2. The van der Waals surface area contributed by atoms with Gasteiger partial charge in [-0.05, 0) is 24.1 Å². The number of fused-ring (bicyclic) bond motifs is 1. The number of nitrogens with zero attached hydrogens (tertiary/aromatic N) is 2. The molecule has 2 aromatic heterocycles. The molecule has 2 rings (SSSR count). The summed E-state index contributed by atoms with van der Waals surface area (Å²) in [6, 6.07) is 4.42. The number of aromatic nitrogens is 2. The fourth-order valence-electron chi connectivity index (χ4n) is 1.54. The van der Waals surface area contributed by atoms with E-state index in [1.807, 2.05) is 0 Å². The smallest absolute Gasteiger partial charge is 0.384 e. The predicted molar refractivity (Wildman–Crippen MR) is 55.8 cm³/mol. The summed E-state index contributed by atoms with van der Waals surface area (Å²) in [5.41, 5.74) is 0.441. The molecule has 0 bridgehead atoms. The SMILES string of the molecule is COCCc1ccc2cc(C(F)(F)F)nn2c1. The Morgan fingerprint density at radius 3 is 2.76 bits per heavy atom. The maximum Gasteiger partial charge on any atom is 0.435 e. The van der Waals surface area contributed by atoms with Gasteiger partial charge in [0.05, 0.1) is 12.1 Å². The maximum atomic E-state index is 12.4. The lowest BCUT2D eigenvalue weighted by molar-refractivity contribution is -0.141. The summed E-state index contributed by atoms with van der Waals surface area (Å²) in [6.07, 6.45) is -2.17. The van der Waals surface area contributed by atoms with E-state index >= 15 is 0 Å². The first-order chi connectivity index (χ1) is 8.00. The molecule has 0 spiro atoms. The van der Waals surface area contributed by atoms with Crippen molar-refractivity contribution in [2.75, 3.05) is 13.7 Å². The van der Waals surface area contributed by atoms with Crippen molar-refractivity contribution in [2.24, 2.45) is 0 Å². The molecule has 2 aromatic rings. The van der Waals surface area contributed by atoms with Gasteiger partial charge in [0, 0.05) is 13.3 Å². The van der Waals surface area contributed by atoms with Crippen molar-refractivity contribution in [3.05, 3.63) is 35.7 Å². The number of alkyl halides is 3. The molecule has 6 heteroatoms. The Balaban J connectivity index is 2.34. The molecule has 0 fully saturated rings. The van der Waals surface area contributed by atoms with Gasteiger partial charge in [-0.3, -0.25) is 0 Å². The van der Waals surface area contributed by atoms with Gasteiger partial charge < -0.3 is 4.74 Å². The summed E-state index contributed by atoms with van der Waals surface area (Å²) < 4.78 is 43.5. The number of halogens is 3. The predicted octanol–water partition coefficient (Wildman–Crippen LogP) is 2.54. The largest absolute Gasteiger partial charge is 0.435 e. The summed E-state index contributed by atoms with van der Waals surface area (Å²) >= 11 is 0. The van der Waals surface area contributed by atoms with Crippen LogP contribution in [0.25, 0.3) is 5.52 Å². The van der Waals surface area contributed by atoms with Crippen LogP contribution in [0.2, 0.25) is 0 Å². The third kappa shape index (κ3) is 2.58. The lowest BCUT2D eigenvalue weighted by Gasteiger charge is -2.01. The molecule has 0 aliphatic heterocycles. The minimum absolute atomic E-state index is 0.429. The number of pyridine rings is 1. The van der Waals surface area contributed by atoms with Crippen LogP contribution in [0.1, 0.15) is 11.3 Å². The minimum atomic E-state index is -4.40. The average Bonchev–Trinajstić information content (AvgIpc) is 2.68. The van der Waals surface area contributed by atoms with Gasteiger partial charge in [-0.2, -0.15) is 18.3 Å². The molecular weight excluding hydrogens is 233 g/mol. The zero-order valence-corrected chi connectivity index (χ0v) is 9.16. The Morgan fingerprint density at radius 2 is 2.12 bits per heavy atom. The topological polar surface area (TPSA) is 26.5 Å². The van der Waals surface area contributed by atoms with Crippen LogP contribution in [0.5, 0.6) is 0 Å². The molecule has 0 unspecified atom stereocenters. The quantitative estimate of drug-likeness (QED) is 0.829. The second-order valence-corrected chi connectivity index (χ2v) is 3.68. The van der Waals surface area contributed by atoms with Gasteiger partial charge in [0.15, 0.2) is 5.69 Å². The summed E-state index contributed by atoms with van der Waals surface area (Å²) in [4.78, 5) is 0. The van der Waals surface area contributed by atoms with Gasteiger partial charge in [0.25, 0.3) is 0 Å². The van der Waals surface area contributed by atoms with E-state index in [4.69, 9.17) is 4.74 Å². The Morgan fingerprint density at radius 1 is 1.35 bits per heavy atom. The highest BCUT2D eigenvalue weighted by Gasteiger charge is 2.33. The van der Waals surface area contributed by atoms with Crippen LogP contribution >= 0.6 is 0 Å². The molecule has 0 N–H and O–H groups in total. The molecule has 2 heterocycles. The van der Waals surface area contributed by atoms with Crippen molar-refractivity contribution in [3.8, 4) is 0 Å². The van der Waals surface area contributed by atoms with Crippen molar-refractivity contribution in [2.45, 2.75) is 12.6 Å². The number of hydrogen-bond acceptors (Lipinski definition) is 2. The third-order valence-corrected chi connectivity index (χ3v) is 2.41. The number of hydrogen-bond donors (Lipinski definition) is 0. The van der Waals surface area contributed by atoms with Gasteiger partial charge >= 0.3 is 6.18 Å². The zero-order valence-electron chi connectivity index (χ0n) is 9.16. The van der Waals surface area contributed by atoms with E-state index in [0.717, 1.165) is 11.6 Å². The molecule has 0 radical (unpaired) electrons. The molecular formula is C11H11F3N2O. The summed E-state index contributed by atoms with van der Waals surface area (Å²) in [6.45, 7) is 0.527. The number of rotatable bonds is 3. The summed E-state index contributed by atoms with van der Waals surface area (Å²) in [5, 5.41) is 3.50. The first kappa shape index (κ1) is 11.9. The van der Waals surface area contributed by atoms with E-state index in [9.17, 15) is 13.2 Å². The molecule has 0 saturated heterocycles. The molecule has 0 aliphatic rings. The first-order valence-corrected chi connectivity index (χ1v) is 5.05. The molecule has 0 amide bonds. The van der Waals surface area contributed by atoms with Crippen LogP contribution in [0.15, 0.2) is 24.4 Å². The molecule has 0 saturated carbocycles. The van der Waals surface area contributed by atoms with E-state index in [-0.39, 0.29) is 0 Å². The minimum Gasteiger partial charge on any atom is -0.384 e. The first-order valence-electron chi connectivity index (χ1n) is 5.05. The second kappa shape index (κ2) is 4.37. The fraction of sp³-hybridized carbons (Fsp3) is 0.364. The van der Waals surface area contributed by atoms with Gasteiger partial charge in [0.2, 0.25) is 0 Å². The van der Waals surface area contributed by atoms with Crippen molar-refractivity contribution < 1.29 is 17.9 Å². The van der Waals surface area contributed by atoms with Gasteiger partial charge in [-0.25, -0.2) is 4.52 Å². The van der Waals surface area contributed by atoms with E-state index in [0.29, 0.717) is 18.5 Å². The molecule has 3 nitrogen and oxygen atoms in total. The maximum absolute atomic E-state index is 12.4. The lowest BCUT2D eigenvalue weighted by atomic mass is 10.2. The average molecular weight is 244 g/mol. The van der Waals surface area contributed by atoms with E-state index < -0.39 is 11.9 Å². The molecule has 92 valence electrons. The Hall–Kier alpha value is -1.56. The fourth-order valence-corrected chi connectivity index (χ4v) is 1.54. The van der Waals surface area contributed by atoms with Crippen molar-refractivity contribution in [1.82, 2.24) is 9.61 Å². The second-order valence-electron chi connectivity index (χ2n) is 3.68. The van der Waals surface area contributed by atoms with E-state index in [2.05, 4.69) is 5.10 Å². The van der Waals surface area contributed by atoms with Gasteiger partial charge in [0.1, 0.15) is 0 Å². The monoisotopic (exact) mass is 244 g/mol. The molecule has 0 aromatic carbocycles. The standard InChI is InChI=1S/C11H11F3N2O/c1-17-5-4-8-2-3-9-6-10(11(12,13)14)15-16(9)7-8/h2-3,6-7H,4-5H2,1H3. The van der Waals surface area contributed by atoms with Crippen LogP contribution in [-0.4, -0.2) is 23.3 Å². The van der Waals surface area contributed by atoms with Crippen LogP contribution in [0, 0.1) is 0 Å². The van der Waals surface area contributed by atoms with Crippen molar-refractivity contribution >= 4 is 5.52 Å². The molecule has 17 heavy (non-hydrogen) atoms. The van der Waals surface area contributed by atoms with Gasteiger partial charge in [-0.1, -0.05) is 6.07 Å². The number of methoxy groups -OCH3 is 1. The molecule has 0 aliphatic carbocycles. The van der Waals surface area contributed by atoms with Crippen LogP contribution in [0.4, 0.5) is 13.2 Å². The zero-order chi connectivity index (χ0) is 12.5. The Bertz CT molecular complexity index is 519. The van der Waals surface area contributed by atoms with E-state index in [1.165, 1.54) is 4.52 Å². The van der Waals surface area contributed by atoms with Crippen LogP contribution < -0.4 is 0 Å². The summed E-state index contributed by atoms with van der Waals surface area (Å²) in [5.74, 6) is 0. The van der Waals surface area contributed by atoms with Crippen molar-refractivity contribution in [1.29, 1.82) is 0 Å². The number of ether oxygens (including phenoxy) is 1. The molecule has 0 atom stereocenters. The van der Waals surface area contributed by atoms with Crippen LogP contribution in [-0.2, 0) is 17.3 Å². The van der Waals surface area contributed by atoms with Crippen molar-refractivity contribution in [3.63, 3.8) is 0 Å². The Kier molecular flexibility index (Phi) is 3.06. The summed E-state index contributed by atoms with van der Waals surface area (Å²) in [7, 11) is 1.58.